The molecule has 0 heterocycles. The summed E-state index contributed by atoms with van der Waals surface area (Å²) in [6.07, 6.45) is -2.49. The lowest BCUT2D eigenvalue weighted by Gasteiger charge is -2.08. The molecule has 0 spiro atoms. The van der Waals surface area contributed by atoms with Crippen molar-refractivity contribution in [1.29, 1.82) is 0 Å². The summed E-state index contributed by atoms with van der Waals surface area (Å²) in [7, 11) is 0. The lowest BCUT2D eigenvalue weighted by molar-refractivity contribution is 0.146. The second-order valence-electron chi connectivity index (χ2n) is 2.40. The lowest BCUT2D eigenvalue weighted by atomic mass is 10.4. The molecule has 0 aromatic heterocycles. The van der Waals surface area contributed by atoms with Gasteiger partial charge < -0.3 is 10.6 Å². The Morgan fingerprint density at radius 1 is 1.45 bits per heavy atom. The molecule has 0 atom stereocenters. The van der Waals surface area contributed by atoms with Crippen LogP contribution in [0, 0.1) is 0 Å². The summed E-state index contributed by atoms with van der Waals surface area (Å²) in [5.74, 6) is 0. The molecule has 0 aliphatic heterocycles. The predicted molar refractivity (Wildman–Crippen MR) is 37.7 cm³/mol. The van der Waals surface area contributed by atoms with E-state index in [0.717, 1.165) is 0 Å². The van der Waals surface area contributed by atoms with Crippen molar-refractivity contribution in [2.24, 2.45) is 0 Å². The molecule has 0 saturated carbocycles. The number of rotatable bonds is 3. The van der Waals surface area contributed by atoms with Crippen molar-refractivity contribution in [3.63, 3.8) is 0 Å². The molecule has 0 bridgehead atoms. The molecular formula is C6H12F2N2O. The zero-order valence-corrected chi connectivity index (χ0v) is 6.53. The largest absolute Gasteiger partial charge is 0.336 e. The summed E-state index contributed by atoms with van der Waals surface area (Å²) in [4.78, 5) is 10.6. The first-order chi connectivity index (χ1) is 5.02. The molecule has 0 fully saturated rings. The third-order valence-electron chi connectivity index (χ3n) is 0.837. The van der Waals surface area contributed by atoms with E-state index >= 15 is 0 Å². The number of hydrogen-bond donors (Lipinski definition) is 2. The van der Waals surface area contributed by atoms with Crippen LogP contribution < -0.4 is 10.6 Å². The Balaban J connectivity index is 3.38. The van der Waals surface area contributed by atoms with Crippen LogP contribution in [-0.4, -0.2) is 25.0 Å². The average Bonchev–Trinajstić information content (AvgIpc) is 1.82. The molecule has 0 aromatic carbocycles. The quantitative estimate of drug-likeness (QED) is 0.644. The van der Waals surface area contributed by atoms with Gasteiger partial charge in [-0.05, 0) is 13.8 Å². The van der Waals surface area contributed by atoms with Gasteiger partial charge in [0, 0.05) is 6.04 Å². The van der Waals surface area contributed by atoms with Gasteiger partial charge in [-0.3, -0.25) is 0 Å². The van der Waals surface area contributed by atoms with Gasteiger partial charge in [-0.1, -0.05) is 0 Å². The molecule has 11 heavy (non-hydrogen) atoms. The third-order valence-corrected chi connectivity index (χ3v) is 0.837. The van der Waals surface area contributed by atoms with Crippen LogP contribution >= 0.6 is 0 Å². The minimum absolute atomic E-state index is 0.0346. The highest BCUT2D eigenvalue weighted by Crippen LogP contribution is 1.87. The number of alkyl halides is 2. The van der Waals surface area contributed by atoms with Crippen LogP contribution in [0.2, 0.25) is 0 Å². The van der Waals surface area contributed by atoms with Gasteiger partial charge in [0.05, 0.1) is 6.54 Å². The number of amides is 2. The van der Waals surface area contributed by atoms with E-state index in [1.807, 2.05) is 5.32 Å². The molecule has 0 aliphatic rings. The molecule has 0 radical (unpaired) electrons. The zero-order valence-electron chi connectivity index (χ0n) is 6.53. The van der Waals surface area contributed by atoms with Crippen LogP contribution in [0.25, 0.3) is 0 Å². The fraction of sp³-hybridized carbons (Fsp3) is 0.833. The van der Waals surface area contributed by atoms with Crippen molar-refractivity contribution < 1.29 is 13.6 Å². The standard InChI is InChI=1S/C6H12F2N2O/c1-4(2)10-6(11)9-3-5(7)8/h4-5H,3H2,1-2H3,(H2,9,10,11). The Morgan fingerprint density at radius 2 is 2.00 bits per heavy atom. The number of nitrogens with one attached hydrogen (secondary N) is 2. The molecular weight excluding hydrogens is 154 g/mol. The second kappa shape index (κ2) is 4.87. The first-order valence-corrected chi connectivity index (χ1v) is 3.35. The molecule has 0 aliphatic carbocycles. The smallest absolute Gasteiger partial charge is 0.315 e. The Hall–Kier alpha value is -0.870. The van der Waals surface area contributed by atoms with Crippen molar-refractivity contribution in [3.8, 4) is 0 Å². The van der Waals surface area contributed by atoms with E-state index in [0.29, 0.717) is 0 Å². The minimum atomic E-state index is -2.49. The molecule has 5 heteroatoms. The van der Waals surface area contributed by atoms with E-state index in [4.69, 9.17) is 0 Å². The average molecular weight is 166 g/mol. The summed E-state index contributed by atoms with van der Waals surface area (Å²) in [6.45, 7) is 2.91. The Morgan fingerprint density at radius 3 is 2.36 bits per heavy atom. The molecule has 2 N–H and O–H groups in total. The van der Waals surface area contributed by atoms with E-state index in [-0.39, 0.29) is 6.04 Å². The van der Waals surface area contributed by atoms with Crippen molar-refractivity contribution in [2.45, 2.75) is 26.3 Å². The maximum absolute atomic E-state index is 11.5. The number of hydrogen-bond acceptors (Lipinski definition) is 1. The SMILES string of the molecule is CC(C)NC(=O)NCC(F)F. The zero-order chi connectivity index (χ0) is 8.85. The summed E-state index contributed by atoms with van der Waals surface area (Å²) < 4.78 is 23.0. The molecule has 0 saturated heterocycles. The minimum Gasteiger partial charge on any atom is -0.336 e. The van der Waals surface area contributed by atoms with Gasteiger partial charge in [0.1, 0.15) is 0 Å². The van der Waals surface area contributed by atoms with Crippen LogP contribution in [-0.2, 0) is 0 Å². The summed E-state index contributed by atoms with van der Waals surface area (Å²) in [5, 5.41) is 4.43. The number of carbonyl (C=O) groups is 1. The fourth-order valence-electron chi connectivity index (χ4n) is 0.483. The molecule has 0 rings (SSSR count). The van der Waals surface area contributed by atoms with Crippen molar-refractivity contribution in [3.05, 3.63) is 0 Å². The highest BCUT2D eigenvalue weighted by Gasteiger charge is 2.05. The van der Waals surface area contributed by atoms with Gasteiger partial charge in [0.15, 0.2) is 0 Å². The maximum Gasteiger partial charge on any atom is 0.315 e. The van der Waals surface area contributed by atoms with Crippen LogP contribution in [0.4, 0.5) is 13.6 Å². The molecule has 0 unspecified atom stereocenters. The summed E-state index contributed by atoms with van der Waals surface area (Å²) >= 11 is 0. The first-order valence-electron chi connectivity index (χ1n) is 3.35. The van der Waals surface area contributed by atoms with E-state index in [2.05, 4.69) is 5.32 Å². The Kier molecular flexibility index (Phi) is 4.49. The lowest BCUT2D eigenvalue weighted by Crippen LogP contribution is -2.41. The van der Waals surface area contributed by atoms with Gasteiger partial charge in [0.25, 0.3) is 6.43 Å². The second-order valence-corrected chi connectivity index (χ2v) is 2.40. The highest BCUT2D eigenvalue weighted by molar-refractivity contribution is 5.74. The van der Waals surface area contributed by atoms with E-state index < -0.39 is 19.0 Å². The third kappa shape index (κ3) is 7.02. The van der Waals surface area contributed by atoms with Crippen LogP contribution in [0.1, 0.15) is 13.8 Å². The monoisotopic (exact) mass is 166 g/mol. The molecule has 0 aromatic rings. The van der Waals surface area contributed by atoms with Crippen LogP contribution in [0.3, 0.4) is 0 Å². The van der Waals surface area contributed by atoms with E-state index in [1.165, 1.54) is 0 Å². The topological polar surface area (TPSA) is 41.1 Å². The van der Waals surface area contributed by atoms with Crippen molar-refractivity contribution in [1.82, 2.24) is 10.6 Å². The van der Waals surface area contributed by atoms with E-state index in [9.17, 15) is 13.6 Å². The van der Waals surface area contributed by atoms with Gasteiger partial charge in [-0.25, -0.2) is 13.6 Å². The normalized spacial score (nSPS) is 10.4. The van der Waals surface area contributed by atoms with Gasteiger partial charge >= 0.3 is 6.03 Å². The highest BCUT2D eigenvalue weighted by atomic mass is 19.3. The number of carbonyl (C=O) groups excluding carboxylic acids is 1. The Bertz CT molecular complexity index is 128. The van der Waals surface area contributed by atoms with Crippen molar-refractivity contribution in [2.75, 3.05) is 6.54 Å². The van der Waals surface area contributed by atoms with Gasteiger partial charge in [-0.2, -0.15) is 0 Å². The van der Waals surface area contributed by atoms with Crippen molar-refractivity contribution >= 4 is 6.03 Å². The van der Waals surface area contributed by atoms with Crippen LogP contribution in [0.5, 0.6) is 0 Å². The number of halogens is 2. The predicted octanol–water partition coefficient (Wildman–Crippen LogP) is 0.959. The van der Waals surface area contributed by atoms with Gasteiger partial charge in [0.2, 0.25) is 0 Å². The Labute approximate surface area is 64.2 Å². The first kappa shape index (κ1) is 10.1. The fourth-order valence-corrected chi connectivity index (χ4v) is 0.483. The van der Waals surface area contributed by atoms with Gasteiger partial charge in [-0.15, -0.1) is 0 Å². The van der Waals surface area contributed by atoms with E-state index in [1.54, 1.807) is 13.8 Å². The molecule has 66 valence electrons. The summed E-state index contributed by atoms with van der Waals surface area (Å²) in [5.41, 5.74) is 0. The number of urea groups is 1. The molecule has 2 amide bonds. The maximum atomic E-state index is 11.5. The molecule has 3 nitrogen and oxygen atoms in total. The summed E-state index contributed by atoms with van der Waals surface area (Å²) in [6, 6.07) is -0.590. The van der Waals surface area contributed by atoms with Crippen LogP contribution in [0.15, 0.2) is 0 Å².